The van der Waals surface area contributed by atoms with Crippen LogP contribution in [0.2, 0.25) is 0 Å². The summed E-state index contributed by atoms with van der Waals surface area (Å²) >= 11 is 0. The number of carbonyl (C=O) groups excluding carboxylic acids is 1. The second-order valence-electron chi connectivity index (χ2n) is 3.40. The van der Waals surface area contributed by atoms with Gasteiger partial charge in [0.15, 0.2) is 5.78 Å². The molecule has 4 heteroatoms. The number of hydrogen-bond donors (Lipinski definition) is 0. The summed E-state index contributed by atoms with van der Waals surface area (Å²) in [7, 11) is 0. The third-order valence-corrected chi connectivity index (χ3v) is 2.17. The molecule has 0 N–H and O–H groups in total. The van der Waals surface area contributed by atoms with Gasteiger partial charge in [-0.2, -0.15) is 15.0 Å². The van der Waals surface area contributed by atoms with E-state index in [2.05, 4.69) is 10.2 Å². The van der Waals surface area contributed by atoms with Gasteiger partial charge in [0.05, 0.1) is 18.1 Å². The Bertz CT molecular complexity index is 489. The number of carbonyl (C=O) groups is 1. The lowest BCUT2D eigenvalue weighted by Gasteiger charge is -2.06. The fourth-order valence-corrected chi connectivity index (χ4v) is 1.44. The van der Waals surface area contributed by atoms with Crippen molar-refractivity contribution in [2.75, 3.05) is 0 Å². The third-order valence-electron chi connectivity index (χ3n) is 2.17. The standard InChI is InChI=1S/C11H11N3O/c1-8-3-4-10(9(2)15)11(7-8)14-12-5-6-13-14/h3-7H,1-2H3. The lowest BCUT2D eigenvalue weighted by Crippen LogP contribution is -2.06. The molecule has 0 radical (unpaired) electrons. The zero-order valence-electron chi connectivity index (χ0n) is 8.64. The van der Waals surface area contributed by atoms with Crippen LogP contribution in [0.1, 0.15) is 22.8 Å². The Balaban J connectivity index is 2.63. The maximum Gasteiger partial charge on any atom is 0.162 e. The highest BCUT2D eigenvalue weighted by Gasteiger charge is 2.09. The lowest BCUT2D eigenvalue weighted by atomic mass is 10.1. The van der Waals surface area contributed by atoms with Gasteiger partial charge in [0, 0.05) is 5.56 Å². The van der Waals surface area contributed by atoms with Crippen LogP contribution in [-0.2, 0) is 0 Å². The average molecular weight is 201 g/mol. The minimum Gasteiger partial charge on any atom is -0.294 e. The van der Waals surface area contributed by atoms with E-state index in [4.69, 9.17) is 0 Å². The molecule has 0 saturated carbocycles. The second kappa shape index (κ2) is 3.65. The van der Waals surface area contributed by atoms with Crippen molar-refractivity contribution in [1.82, 2.24) is 15.0 Å². The highest BCUT2D eigenvalue weighted by atomic mass is 16.1. The fourth-order valence-electron chi connectivity index (χ4n) is 1.44. The smallest absolute Gasteiger partial charge is 0.162 e. The van der Waals surface area contributed by atoms with E-state index in [0.717, 1.165) is 11.3 Å². The summed E-state index contributed by atoms with van der Waals surface area (Å²) in [4.78, 5) is 12.9. The van der Waals surface area contributed by atoms with Crippen molar-refractivity contribution in [1.29, 1.82) is 0 Å². The predicted molar refractivity (Wildman–Crippen MR) is 56.1 cm³/mol. The summed E-state index contributed by atoms with van der Waals surface area (Å²) in [5.41, 5.74) is 2.44. The van der Waals surface area contributed by atoms with E-state index in [9.17, 15) is 4.79 Å². The van der Waals surface area contributed by atoms with Crippen molar-refractivity contribution in [2.24, 2.45) is 0 Å². The molecule has 0 aliphatic carbocycles. The maximum atomic E-state index is 11.4. The van der Waals surface area contributed by atoms with E-state index in [0.29, 0.717) is 5.56 Å². The molecule has 0 unspecified atom stereocenters. The van der Waals surface area contributed by atoms with Crippen LogP contribution in [-0.4, -0.2) is 20.8 Å². The molecule has 2 rings (SSSR count). The minimum atomic E-state index is 0.0160. The number of aromatic nitrogens is 3. The molecular weight excluding hydrogens is 190 g/mol. The molecule has 0 aliphatic heterocycles. The van der Waals surface area contributed by atoms with Gasteiger partial charge in [-0.05, 0) is 31.5 Å². The van der Waals surface area contributed by atoms with Crippen LogP contribution in [0.15, 0.2) is 30.6 Å². The average Bonchev–Trinajstić information content (AvgIpc) is 2.69. The molecule has 0 amide bonds. The number of rotatable bonds is 2. The molecule has 1 aromatic heterocycles. The number of hydrogen-bond acceptors (Lipinski definition) is 3. The van der Waals surface area contributed by atoms with Crippen molar-refractivity contribution in [3.8, 4) is 5.69 Å². The van der Waals surface area contributed by atoms with Crippen LogP contribution in [0.5, 0.6) is 0 Å². The third kappa shape index (κ3) is 1.79. The van der Waals surface area contributed by atoms with Crippen LogP contribution in [0, 0.1) is 6.92 Å². The first kappa shape index (κ1) is 9.58. The molecule has 4 nitrogen and oxygen atoms in total. The van der Waals surface area contributed by atoms with Gasteiger partial charge in [-0.25, -0.2) is 0 Å². The molecule has 15 heavy (non-hydrogen) atoms. The van der Waals surface area contributed by atoms with E-state index >= 15 is 0 Å². The Morgan fingerprint density at radius 1 is 1.27 bits per heavy atom. The number of Topliss-reactive ketones (excluding diaryl/α,β-unsaturated/α-hetero) is 1. The van der Waals surface area contributed by atoms with E-state index < -0.39 is 0 Å². The Morgan fingerprint density at radius 3 is 2.53 bits per heavy atom. The maximum absolute atomic E-state index is 11.4. The molecule has 0 bridgehead atoms. The van der Waals surface area contributed by atoms with Crippen molar-refractivity contribution >= 4 is 5.78 Å². The summed E-state index contributed by atoms with van der Waals surface area (Å²) in [5.74, 6) is 0.0160. The molecule has 0 aliphatic rings. The lowest BCUT2D eigenvalue weighted by molar-refractivity contribution is 0.101. The largest absolute Gasteiger partial charge is 0.294 e. The number of benzene rings is 1. The van der Waals surface area contributed by atoms with Crippen LogP contribution in [0.4, 0.5) is 0 Å². The highest BCUT2D eigenvalue weighted by molar-refractivity contribution is 5.97. The van der Waals surface area contributed by atoms with Gasteiger partial charge in [-0.1, -0.05) is 6.07 Å². The Hall–Kier alpha value is -1.97. The Morgan fingerprint density at radius 2 is 1.93 bits per heavy atom. The predicted octanol–water partition coefficient (Wildman–Crippen LogP) is 1.78. The molecule has 2 aromatic rings. The van der Waals surface area contributed by atoms with Crippen molar-refractivity contribution < 1.29 is 4.79 Å². The van der Waals surface area contributed by atoms with E-state index in [-0.39, 0.29) is 5.78 Å². The summed E-state index contributed by atoms with van der Waals surface area (Å²) in [6.07, 6.45) is 3.18. The van der Waals surface area contributed by atoms with Gasteiger partial charge in [0.25, 0.3) is 0 Å². The zero-order chi connectivity index (χ0) is 10.8. The van der Waals surface area contributed by atoms with Gasteiger partial charge in [0.2, 0.25) is 0 Å². The molecule has 0 saturated heterocycles. The quantitative estimate of drug-likeness (QED) is 0.696. The molecule has 76 valence electrons. The van der Waals surface area contributed by atoms with E-state index in [1.54, 1.807) is 18.5 Å². The summed E-state index contributed by atoms with van der Waals surface area (Å²) in [6.45, 7) is 3.51. The molecular formula is C11H11N3O. The molecule has 1 aromatic carbocycles. The summed E-state index contributed by atoms with van der Waals surface area (Å²) < 4.78 is 0. The van der Waals surface area contributed by atoms with Gasteiger partial charge in [-0.15, -0.1) is 0 Å². The van der Waals surface area contributed by atoms with Crippen LogP contribution in [0.3, 0.4) is 0 Å². The minimum absolute atomic E-state index is 0.0160. The molecule has 0 spiro atoms. The SMILES string of the molecule is CC(=O)c1ccc(C)cc1-n1nccn1. The number of ketones is 1. The first-order valence-electron chi connectivity index (χ1n) is 4.67. The van der Waals surface area contributed by atoms with Gasteiger partial charge < -0.3 is 0 Å². The Labute approximate surface area is 87.5 Å². The van der Waals surface area contributed by atoms with Gasteiger partial charge >= 0.3 is 0 Å². The van der Waals surface area contributed by atoms with Gasteiger partial charge in [-0.3, -0.25) is 4.79 Å². The highest BCUT2D eigenvalue weighted by Crippen LogP contribution is 2.15. The number of nitrogens with zero attached hydrogens (tertiary/aromatic N) is 3. The van der Waals surface area contributed by atoms with Crippen molar-refractivity contribution in [3.05, 3.63) is 41.7 Å². The van der Waals surface area contributed by atoms with Crippen LogP contribution in [0.25, 0.3) is 5.69 Å². The number of aryl methyl sites for hydroxylation is 1. The van der Waals surface area contributed by atoms with Crippen LogP contribution >= 0.6 is 0 Å². The summed E-state index contributed by atoms with van der Waals surface area (Å²) in [5, 5.41) is 8.05. The monoisotopic (exact) mass is 201 g/mol. The normalized spacial score (nSPS) is 10.3. The zero-order valence-corrected chi connectivity index (χ0v) is 8.64. The first-order valence-corrected chi connectivity index (χ1v) is 4.67. The van der Waals surface area contributed by atoms with Crippen LogP contribution < -0.4 is 0 Å². The molecule has 0 atom stereocenters. The van der Waals surface area contributed by atoms with E-state index in [1.165, 1.54) is 11.7 Å². The first-order chi connectivity index (χ1) is 7.18. The molecule has 1 heterocycles. The summed E-state index contributed by atoms with van der Waals surface area (Å²) in [6, 6.07) is 5.61. The second-order valence-corrected chi connectivity index (χ2v) is 3.40. The van der Waals surface area contributed by atoms with Crippen molar-refractivity contribution in [3.63, 3.8) is 0 Å². The Kier molecular flexibility index (Phi) is 2.33. The van der Waals surface area contributed by atoms with Crippen molar-refractivity contribution in [2.45, 2.75) is 13.8 Å². The van der Waals surface area contributed by atoms with E-state index in [1.807, 2.05) is 19.1 Å². The topological polar surface area (TPSA) is 47.8 Å². The molecule has 0 fully saturated rings. The fraction of sp³-hybridized carbons (Fsp3) is 0.182. The van der Waals surface area contributed by atoms with Gasteiger partial charge in [0.1, 0.15) is 0 Å².